The Kier molecular flexibility index (Phi) is 4.61. The van der Waals surface area contributed by atoms with Gasteiger partial charge in [0.15, 0.2) is 0 Å². The predicted octanol–water partition coefficient (Wildman–Crippen LogP) is 2.88. The van der Waals surface area contributed by atoms with Crippen LogP contribution in [0.25, 0.3) is 0 Å². The molecule has 18 heavy (non-hydrogen) atoms. The van der Waals surface area contributed by atoms with Crippen LogP contribution in [0.3, 0.4) is 0 Å². The van der Waals surface area contributed by atoms with Crippen LogP contribution >= 0.6 is 11.8 Å². The number of thioether (sulfide) groups is 1. The molecule has 0 saturated heterocycles. The lowest BCUT2D eigenvalue weighted by molar-refractivity contribution is 0.414. The van der Waals surface area contributed by atoms with Gasteiger partial charge in [0, 0.05) is 18.0 Å². The molecule has 1 atom stereocenters. The molecule has 1 heterocycles. The quantitative estimate of drug-likeness (QED) is 0.840. The van der Waals surface area contributed by atoms with Crippen molar-refractivity contribution in [3.8, 4) is 5.75 Å². The van der Waals surface area contributed by atoms with Gasteiger partial charge in [-0.1, -0.05) is 30.0 Å². The third kappa shape index (κ3) is 3.24. The Hall–Kier alpha value is -1.52. The summed E-state index contributed by atoms with van der Waals surface area (Å²) in [4.78, 5) is 4.31. The molecule has 0 aliphatic carbocycles. The number of ether oxygens (including phenoxy) is 1. The summed E-state index contributed by atoms with van der Waals surface area (Å²) in [5.74, 6) is 0.854. The number of rotatable bonds is 5. The van der Waals surface area contributed by atoms with Crippen LogP contribution < -0.4 is 10.5 Å². The van der Waals surface area contributed by atoms with Gasteiger partial charge in [-0.2, -0.15) is 0 Å². The van der Waals surface area contributed by atoms with E-state index in [1.807, 2.05) is 36.4 Å². The van der Waals surface area contributed by atoms with Gasteiger partial charge in [0.1, 0.15) is 5.75 Å². The summed E-state index contributed by atoms with van der Waals surface area (Å²) in [7, 11) is 1.67. The monoisotopic (exact) mass is 260 g/mol. The van der Waals surface area contributed by atoms with Crippen molar-refractivity contribution in [1.82, 2.24) is 4.98 Å². The fraction of sp³-hybridized carbons (Fsp3) is 0.214. The van der Waals surface area contributed by atoms with Crippen molar-refractivity contribution in [1.29, 1.82) is 0 Å². The zero-order chi connectivity index (χ0) is 12.8. The third-order valence-electron chi connectivity index (χ3n) is 2.58. The lowest BCUT2D eigenvalue weighted by atomic mass is 10.1. The standard InChI is InChI=1S/C14H16N2OS/c1-17-12-6-4-5-11(9-12)13(10-15)18-14-7-2-3-8-16-14/h2-9,13H,10,15H2,1H3. The summed E-state index contributed by atoms with van der Waals surface area (Å²) < 4.78 is 5.23. The van der Waals surface area contributed by atoms with E-state index < -0.39 is 0 Å². The van der Waals surface area contributed by atoms with Gasteiger partial charge < -0.3 is 10.5 Å². The average molecular weight is 260 g/mol. The number of nitrogens with two attached hydrogens (primary N) is 1. The summed E-state index contributed by atoms with van der Waals surface area (Å²) >= 11 is 1.67. The highest BCUT2D eigenvalue weighted by Crippen LogP contribution is 2.34. The normalized spacial score (nSPS) is 12.1. The number of benzene rings is 1. The largest absolute Gasteiger partial charge is 0.497 e. The first-order chi connectivity index (χ1) is 8.83. The second-order valence-electron chi connectivity index (χ2n) is 3.79. The lowest BCUT2D eigenvalue weighted by Gasteiger charge is -2.15. The topological polar surface area (TPSA) is 48.1 Å². The van der Waals surface area contributed by atoms with Gasteiger partial charge in [-0.15, -0.1) is 0 Å². The van der Waals surface area contributed by atoms with E-state index in [2.05, 4.69) is 11.1 Å². The predicted molar refractivity (Wildman–Crippen MR) is 74.9 cm³/mol. The van der Waals surface area contributed by atoms with Crippen molar-refractivity contribution in [2.45, 2.75) is 10.3 Å². The van der Waals surface area contributed by atoms with Crippen molar-refractivity contribution in [3.05, 3.63) is 54.2 Å². The molecular weight excluding hydrogens is 244 g/mol. The van der Waals surface area contributed by atoms with Gasteiger partial charge in [-0.25, -0.2) is 4.98 Å². The maximum absolute atomic E-state index is 5.85. The van der Waals surface area contributed by atoms with Crippen LogP contribution in [0.2, 0.25) is 0 Å². The van der Waals surface area contributed by atoms with E-state index in [1.165, 1.54) is 0 Å². The van der Waals surface area contributed by atoms with Gasteiger partial charge in [0.2, 0.25) is 0 Å². The van der Waals surface area contributed by atoms with E-state index in [0.29, 0.717) is 6.54 Å². The number of pyridine rings is 1. The number of methoxy groups -OCH3 is 1. The molecule has 1 unspecified atom stereocenters. The Morgan fingerprint density at radius 2 is 2.17 bits per heavy atom. The molecule has 0 amide bonds. The van der Waals surface area contributed by atoms with E-state index in [9.17, 15) is 0 Å². The molecule has 0 spiro atoms. The van der Waals surface area contributed by atoms with Gasteiger partial charge in [-0.3, -0.25) is 0 Å². The molecule has 0 fully saturated rings. The van der Waals surface area contributed by atoms with E-state index in [0.717, 1.165) is 16.3 Å². The Morgan fingerprint density at radius 3 is 2.83 bits per heavy atom. The van der Waals surface area contributed by atoms with Crippen molar-refractivity contribution >= 4 is 11.8 Å². The SMILES string of the molecule is COc1cccc(C(CN)Sc2ccccn2)c1. The van der Waals surface area contributed by atoms with Gasteiger partial charge in [0.25, 0.3) is 0 Å². The second-order valence-corrected chi connectivity index (χ2v) is 5.01. The molecule has 2 N–H and O–H groups in total. The molecule has 2 aromatic rings. The lowest BCUT2D eigenvalue weighted by Crippen LogP contribution is -2.09. The summed E-state index contributed by atoms with van der Waals surface area (Å²) in [5.41, 5.74) is 7.01. The Balaban J connectivity index is 2.17. The van der Waals surface area contributed by atoms with Crippen molar-refractivity contribution in [3.63, 3.8) is 0 Å². The molecule has 0 radical (unpaired) electrons. The minimum Gasteiger partial charge on any atom is -0.497 e. The maximum atomic E-state index is 5.85. The summed E-state index contributed by atoms with van der Waals surface area (Å²) in [6.07, 6.45) is 1.79. The molecular formula is C14H16N2OS. The van der Waals surface area contributed by atoms with Crippen LogP contribution in [-0.2, 0) is 0 Å². The average Bonchev–Trinajstić information content (AvgIpc) is 2.46. The van der Waals surface area contributed by atoms with Crippen LogP contribution in [0, 0.1) is 0 Å². The summed E-state index contributed by atoms with van der Waals surface area (Å²) in [6, 6.07) is 13.9. The Bertz CT molecular complexity index is 490. The fourth-order valence-electron chi connectivity index (χ4n) is 1.66. The Morgan fingerprint density at radius 1 is 1.28 bits per heavy atom. The summed E-state index contributed by atoms with van der Waals surface area (Å²) in [6.45, 7) is 0.564. The molecule has 94 valence electrons. The van der Waals surface area contributed by atoms with E-state index in [4.69, 9.17) is 10.5 Å². The molecule has 1 aromatic heterocycles. The first-order valence-corrected chi connectivity index (χ1v) is 6.63. The van der Waals surface area contributed by atoms with E-state index in [1.54, 1.807) is 25.1 Å². The fourth-order valence-corrected chi connectivity index (χ4v) is 2.61. The number of aromatic nitrogens is 1. The number of hydrogen-bond donors (Lipinski definition) is 1. The minimum atomic E-state index is 0.190. The molecule has 2 rings (SSSR count). The number of nitrogens with zero attached hydrogens (tertiary/aromatic N) is 1. The smallest absolute Gasteiger partial charge is 0.119 e. The third-order valence-corrected chi connectivity index (χ3v) is 3.81. The van der Waals surface area contributed by atoms with Crippen molar-refractivity contribution in [2.75, 3.05) is 13.7 Å². The first-order valence-electron chi connectivity index (χ1n) is 5.75. The molecule has 1 aromatic carbocycles. The van der Waals surface area contributed by atoms with Crippen LogP contribution in [0.5, 0.6) is 5.75 Å². The molecule has 0 bridgehead atoms. The molecule has 0 aliphatic heterocycles. The minimum absolute atomic E-state index is 0.190. The molecule has 0 aliphatic rings. The summed E-state index contributed by atoms with van der Waals surface area (Å²) in [5, 5.41) is 1.17. The highest BCUT2D eigenvalue weighted by molar-refractivity contribution is 7.99. The van der Waals surface area contributed by atoms with Gasteiger partial charge in [0.05, 0.1) is 12.1 Å². The Labute approximate surface area is 111 Å². The van der Waals surface area contributed by atoms with Crippen molar-refractivity contribution in [2.24, 2.45) is 5.73 Å². The zero-order valence-electron chi connectivity index (χ0n) is 10.2. The van der Waals surface area contributed by atoms with Crippen LogP contribution in [-0.4, -0.2) is 18.6 Å². The highest BCUT2D eigenvalue weighted by Gasteiger charge is 2.12. The molecule has 3 nitrogen and oxygen atoms in total. The van der Waals surface area contributed by atoms with Gasteiger partial charge >= 0.3 is 0 Å². The second kappa shape index (κ2) is 6.42. The first kappa shape index (κ1) is 12.9. The van der Waals surface area contributed by atoms with E-state index >= 15 is 0 Å². The van der Waals surface area contributed by atoms with Crippen LogP contribution in [0.1, 0.15) is 10.8 Å². The van der Waals surface area contributed by atoms with Gasteiger partial charge in [-0.05, 0) is 29.8 Å². The van der Waals surface area contributed by atoms with Crippen LogP contribution in [0.4, 0.5) is 0 Å². The molecule has 0 saturated carbocycles. The highest BCUT2D eigenvalue weighted by atomic mass is 32.2. The molecule has 4 heteroatoms. The van der Waals surface area contributed by atoms with Crippen LogP contribution in [0.15, 0.2) is 53.7 Å². The number of hydrogen-bond acceptors (Lipinski definition) is 4. The zero-order valence-corrected chi connectivity index (χ0v) is 11.1. The van der Waals surface area contributed by atoms with E-state index in [-0.39, 0.29) is 5.25 Å². The maximum Gasteiger partial charge on any atom is 0.119 e. The van der Waals surface area contributed by atoms with Crippen molar-refractivity contribution < 1.29 is 4.74 Å².